The van der Waals surface area contributed by atoms with Crippen LogP contribution in [0.3, 0.4) is 0 Å². The summed E-state index contributed by atoms with van der Waals surface area (Å²) in [6.45, 7) is 1.93. The van der Waals surface area contributed by atoms with E-state index in [1.807, 2.05) is 6.92 Å². The second-order valence-corrected chi connectivity index (χ2v) is 6.32. The summed E-state index contributed by atoms with van der Waals surface area (Å²) in [4.78, 5) is 24.9. The van der Waals surface area contributed by atoms with E-state index in [9.17, 15) is 9.59 Å². The molecule has 0 saturated carbocycles. The van der Waals surface area contributed by atoms with Crippen molar-refractivity contribution in [1.29, 1.82) is 0 Å². The van der Waals surface area contributed by atoms with Crippen molar-refractivity contribution >= 4 is 46.8 Å². The number of nitrogens with one attached hydrogen (secondary N) is 1. The van der Waals surface area contributed by atoms with E-state index in [0.717, 1.165) is 5.56 Å². The molecule has 108 valence electrons. The van der Waals surface area contributed by atoms with E-state index in [-0.39, 0.29) is 24.4 Å². The number of benzene rings is 1. The van der Waals surface area contributed by atoms with Gasteiger partial charge in [-0.05, 0) is 24.6 Å². The van der Waals surface area contributed by atoms with Crippen molar-refractivity contribution in [3.8, 4) is 0 Å². The lowest BCUT2D eigenvalue weighted by molar-refractivity contribution is -0.132. The van der Waals surface area contributed by atoms with Crippen LogP contribution in [0.5, 0.6) is 0 Å². The Bertz CT molecular complexity index is 539. The number of carbonyl (C=O) groups is 2. The van der Waals surface area contributed by atoms with Gasteiger partial charge in [-0.25, -0.2) is 0 Å². The molecular formula is C13H14Cl2N2O2S. The van der Waals surface area contributed by atoms with E-state index in [0.29, 0.717) is 21.7 Å². The fourth-order valence-electron chi connectivity index (χ4n) is 1.93. The molecule has 0 spiro atoms. The van der Waals surface area contributed by atoms with Crippen LogP contribution in [0.1, 0.15) is 18.5 Å². The summed E-state index contributed by atoms with van der Waals surface area (Å²) in [5, 5.41) is 3.90. The standard InChI is InChI=1S/C13H14Cl2N2O2S/c1-8(10-3-2-9(14)4-11(10)15)16-12(18)5-17-7-20-6-13(17)19/h2-4,8H,5-7H2,1H3,(H,16,18). The maximum Gasteiger partial charge on any atom is 0.240 e. The van der Waals surface area contributed by atoms with Crippen LogP contribution >= 0.6 is 35.0 Å². The summed E-state index contributed by atoms with van der Waals surface area (Å²) in [7, 11) is 0. The first kappa shape index (κ1) is 15.5. The molecule has 20 heavy (non-hydrogen) atoms. The van der Waals surface area contributed by atoms with Crippen LogP contribution in [0.15, 0.2) is 18.2 Å². The van der Waals surface area contributed by atoms with Gasteiger partial charge in [-0.1, -0.05) is 29.3 Å². The Morgan fingerprint density at radius 2 is 2.25 bits per heavy atom. The number of carbonyl (C=O) groups excluding carboxylic acids is 2. The van der Waals surface area contributed by atoms with Crippen LogP contribution in [0.2, 0.25) is 10.0 Å². The molecule has 1 aliphatic rings. The van der Waals surface area contributed by atoms with Crippen molar-refractivity contribution in [2.45, 2.75) is 13.0 Å². The van der Waals surface area contributed by atoms with Gasteiger partial charge in [0.2, 0.25) is 11.8 Å². The molecule has 1 saturated heterocycles. The Kier molecular flexibility index (Phi) is 5.18. The average Bonchev–Trinajstić information content (AvgIpc) is 2.74. The van der Waals surface area contributed by atoms with Crippen LogP contribution in [-0.2, 0) is 9.59 Å². The van der Waals surface area contributed by atoms with Gasteiger partial charge in [-0.3, -0.25) is 9.59 Å². The molecule has 4 nitrogen and oxygen atoms in total. The smallest absolute Gasteiger partial charge is 0.240 e. The molecule has 0 aromatic heterocycles. The Hall–Kier alpha value is -0.910. The van der Waals surface area contributed by atoms with Gasteiger partial charge in [0.25, 0.3) is 0 Å². The molecule has 7 heteroatoms. The van der Waals surface area contributed by atoms with Crippen LogP contribution in [-0.4, -0.2) is 34.9 Å². The van der Waals surface area contributed by atoms with Gasteiger partial charge in [0.1, 0.15) is 6.54 Å². The van der Waals surface area contributed by atoms with Crippen molar-refractivity contribution in [3.05, 3.63) is 33.8 Å². The van der Waals surface area contributed by atoms with E-state index < -0.39 is 0 Å². The number of amides is 2. The van der Waals surface area contributed by atoms with Gasteiger partial charge >= 0.3 is 0 Å². The van der Waals surface area contributed by atoms with Gasteiger partial charge in [-0.2, -0.15) is 0 Å². The van der Waals surface area contributed by atoms with Crippen molar-refractivity contribution in [3.63, 3.8) is 0 Å². The predicted octanol–water partition coefficient (Wildman–Crippen LogP) is 2.70. The van der Waals surface area contributed by atoms with E-state index in [1.54, 1.807) is 18.2 Å². The minimum atomic E-state index is -0.238. The molecule has 0 radical (unpaired) electrons. The van der Waals surface area contributed by atoms with Crippen molar-refractivity contribution in [2.75, 3.05) is 18.2 Å². The Morgan fingerprint density at radius 3 is 2.85 bits per heavy atom. The highest BCUT2D eigenvalue weighted by Gasteiger charge is 2.23. The van der Waals surface area contributed by atoms with E-state index >= 15 is 0 Å². The third-order valence-electron chi connectivity index (χ3n) is 2.97. The number of hydrogen-bond acceptors (Lipinski definition) is 3. The van der Waals surface area contributed by atoms with E-state index in [4.69, 9.17) is 23.2 Å². The normalized spacial score (nSPS) is 16.4. The molecule has 1 unspecified atom stereocenters. The summed E-state index contributed by atoms with van der Waals surface area (Å²) in [5.41, 5.74) is 0.798. The fraction of sp³-hybridized carbons (Fsp3) is 0.385. The molecule has 1 aromatic rings. The highest BCUT2D eigenvalue weighted by molar-refractivity contribution is 8.00. The topological polar surface area (TPSA) is 49.4 Å². The zero-order valence-electron chi connectivity index (χ0n) is 10.9. The lowest BCUT2D eigenvalue weighted by atomic mass is 10.1. The van der Waals surface area contributed by atoms with Gasteiger partial charge in [-0.15, -0.1) is 11.8 Å². The summed E-state index contributed by atoms with van der Waals surface area (Å²) in [5.74, 6) is 0.829. The lowest BCUT2D eigenvalue weighted by Gasteiger charge is -2.19. The van der Waals surface area contributed by atoms with Gasteiger partial charge in [0.15, 0.2) is 0 Å². The van der Waals surface area contributed by atoms with Gasteiger partial charge in [0.05, 0.1) is 17.7 Å². The SMILES string of the molecule is CC(NC(=O)CN1CSCC1=O)c1ccc(Cl)cc1Cl. The quantitative estimate of drug-likeness (QED) is 0.922. The average molecular weight is 333 g/mol. The van der Waals surface area contributed by atoms with Gasteiger partial charge in [0, 0.05) is 10.0 Å². The maximum atomic E-state index is 11.9. The molecule has 1 fully saturated rings. The molecule has 2 amide bonds. The molecule has 1 atom stereocenters. The van der Waals surface area contributed by atoms with Crippen molar-refractivity contribution in [2.24, 2.45) is 0 Å². The molecule has 0 aliphatic carbocycles. The van der Waals surface area contributed by atoms with Crippen LogP contribution in [0, 0.1) is 0 Å². The number of nitrogens with zero attached hydrogens (tertiary/aromatic N) is 1. The summed E-state index contributed by atoms with van der Waals surface area (Å²) >= 11 is 13.4. The second kappa shape index (κ2) is 6.70. The molecule has 1 aliphatic heterocycles. The Labute approximate surface area is 131 Å². The second-order valence-electron chi connectivity index (χ2n) is 4.52. The minimum Gasteiger partial charge on any atom is -0.348 e. The number of thioether (sulfide) groups is 1. The van der Waals surface area contributed by atoms with E-state index in [2.05, 4.69) is 5.32 Å². The Balaban J connectivity index is 1.95. The largest absolute Gasteiger partial charge is 0.348 e. The van der Waals surface area contributed by atoms with Crippen LogP contribution < -0.4 is 5.32 Å². The van der Waals surface area contributed by atoms with Crippen molar-refractivity contribution < 1.29 is 9.59 Å². The first-order chi connectivity index (χ1) is 9.47. The van der Waals surface area contributed by atoms with Crippen molar-refractivity contribution in [1.82, 2.24) is 10.2 Å². The number of rotatable bonds is 4. The zero-order chi connectivity index (χ0) is 14.7. The third kappa shape index (κ3) is 3.81. The molecule has 1 N–H and O–H groups in total. The highest BCUT2D eigenvalue weighted by atomic mass is 35.5. The molecule has 0 bridgehead atoms. The number of hydrogen-bond donors (Lipinski definition) is 1. The first-order valence-electron chi connectivity index (χ1n) is 6.07. The summed E-state index contributed by atoms with van der Waals surface area (Å²) in [6.07, 6.45) is 0. The third-order valence-corrected chi connectivity index (χ3v) is 4.47. The zero-order valence-corrected chi connectivity index (χ0v) is 13.2. The molecule has 1 aromatic carbocycles. The maximum absolute atomic E-state index is 11.9. The Morgan fingerprint density at radius 1 is 1.50 bits per heavy atom. The van der Waals surface area contributed by atoms with Crippen LogP contribution in [0.4, 0.5) is 0 Å². The lowest BCUT2D eigenvalue weighted by Crippen LogP contribution is -2.39. The first-order valence-corrected chi connectivity index (χ1v) is 7.98. The highest BCUT2D eigenvalue weighted by Crippen LogP contribution is 2.26. The molecule has 2 rings (SSSR count). The minimum absolute atomic E-state index is 0.00216. The number of halogens is 2. The molecular weight excluding hydrogens is 319 g/mol. The summed E-state index contributed by atoms with van der Waals surface area (Å²) in [6, 6.07) is 4.91. The monoisotopic (exact) mass is 332 g/mol. The molecule has 1 heterocycles. The predicted molar refractivity (Wildman–Crippen MR) is 82.1 cm³/mol. The van der Waals surface area contributed by atoms with Crippen LogP contribution in [0.25, 0.3) is 0 Å². The van der Waals surface area contributed by atoms with Gasteiger partial charge < -0.3 is 10.2 Å². The fourth-order valence-corrected chi connectivity index (χ4v) is 3.41. The summed E-state index contributed by atoms with van der Waals surface area (Å²) < 4.78 is 0. The van der Waals surface area contributed by atoms with E-state index in [1.165, 1.54) is 16.7 Å².